The summed E-state index contributed by atoms with van der Waals surface area (Å²) in [5.74, 6) is 0. The van der Waals surface area contributed by atoms with Crippen molar-refractivity contribution in [3.63, 3.8) is 0 Å². The van der Waals surface area contributed by atoms with Gasteiger partial charge in [0, 0.05) is 108 Å². The minimum absolute atomic E-state index is 0.0328. The van der Waals surface area contributed by atoms with E-state index >= 15 is 0 Å². The van der Waals surface area contributed by atoms with Crippen molar-refractivity contribution in [2.75, 3.05) is 29.4 Å². The van der Waals surface area contributed by atoms with Gasteiger partial charge in [0.2, 0.25) is 0 Å². The fraction of sp³-hybridized carbons (Fsp3) is 0.297. The van der Waals surface area contributed by atoms with E-state index in [2.05, 4.69) is 533 Å². The lowest BCUT2D eigenvalue weighted by molar-refractivity contribution is 0.590. The second-order valence-corrected chi connectivity index (χ2v) is 49.7. The van der Waals surface area contributed by atoms with Gasteiger partial charge in [0.05, 0.1) is 0 Å². The Labute approximate surface area is 819 Å². The lowest BCUT2D eigenvalue weighted by atomic mass is 9.32. The van der Waals surface area contributed by atoms with E-state index in [1.807, 2.05) is 0 Å². The summed E-state index contributed by atoms with van der Waals surface area (Å²) in [5.41, 5.74) is 46.3. The van der Waals surface area contributed by atoms with Crippen LogP contribution in [0.4, 0.5) is 102 Å². The maximum atomic E-state index is 2.71. The molecule has 0 fully saturated rings. The lowest BCUT2D eigenvalue weighted by Gasteiger charge is -2.46. The van der Waals surface area contributed by atoms with E-state index in [4.69, 9.17) is 0 Å². The Hall–Kier alpha value is -12.7. The highest BCUT2D eigenvalue weighted by Crippen LogP contribution is 2.54. The van der Waals surface area contributed by atoms with Gasteiger partial charge in [0.1, 0.15) is 0 Å². The van der Waals surface area contributed by atoms with Crippen LogP contribution < -0.4 is 78.6 Å². The molecule has 686 valence electrons. The van der Waals surface area contributed by atoms with E-state index in [0.29, 0.717) is 0 Å². The van der Waals surface area contributed by atoms with Crippen molar-refractivity contribution < 1.29 is 0 Å². The Morgan fingerprint density at radius 2 is 0.270 bits per heavy atom. The molecule has 0 saturated carbocycles. The molecule has 0 spiro atoms. The molecule has 15 aromatic carbocycles. The van der Waals surface area contributed by atoms with Crippen LogP contribution in [-0.2, 0) is 54.1 Å². The zero-order chi connectivity index (χ0) is 96.8. The predicted octanol–water partition coefficient (Wildman–Crippen LogP) is 29.0. The molecule has 0 bridgehead atoms. The number of hydrogen-bond acceptors (Lipinski definition) is 6. The second-order valence-electron chi connectivity index (χ2n) is 49.7. The van der Waals surface area contributed by atoms with Gasteiger partial charge in [-0.2, -0.15) is 0 Å². The molecule has 0 radical (unpaired) electrons. The molecule has 0 amide bonds. The molecule has 0 aromatic heterocycles. The van der Waals surface area contributed by atoms with E-state index in [1.54, 1.807) is 0 Å². The molecule has 0 N–H and O–H groups in total. The Kier molecular flexibility index (Phi) is 20.8. The molecule has 6 nitrogen and oxygen atoms in total. The average Bonchev–Trinajstić information content (AvgIpc) is 0.695. The third-order valence-corrected chi connectivity index (χ3v) is 31.2. The molecule has 6 aliphatic rings. The highest BCUT2D eigenvalue weighted by molar-refractivity contribution is 7.02. The van der Waals surface area contributed by atoms with Crippen LogP contribution in [0.3, 0.4) is 0 Å². The van der Waals surface area contributed by atoms with Crippen molar-refractivity contribution in [3.05, 3.63) is 376 Å². The van der Waals surface area contributed by atoms with Crippen molar-refractivity contribution in [1.82, 2.24) is 0 Å². The molecule has 21 rings (SSSR count). The molecule has 15 aromatic rings. The first-order chi connectivity index (χ1) is 64.5. The predicted molar refractivity (Wildman–Crippen MR) is 595 cm³/mol. The van der Waals surface area contributed by atoms with E-state index in [-0.39, 0.29) is 68.9 Å². The normalized spacial score (nSPS) is 14.6. The number of rotatable bonds is 9. The number of hydrogen-bond donors (Lipinski definition) is 0. The van der Waals surface area contributed by atoms with Crippen molar-refractivity contribution in [3.8, 4) is 0 Å². The van der Waals surface area contributed by atoms with Crippen molar-refractivity contribution in [2.24, 2.45) is 0 Å². The molecule has 9 heteroatoms. The van der Waals surface area contributed by atoms with E-state index in [0.717, 1.165) is 34.1 Å². The smallest absolute Gasteiger partial charge is 0.252 e. The number of fused-ring (bicyclic) bond motifs is 12. The molecule has 137 heavy (non-hydrogen) atoms. The molecule has 0 saturated heterocycles. The molecular weight excluding hydrogens is 1650 g/mol. The summed E-state index contributed by atoms with van der Waals surface area (Å²) < 4.78 is 0. The number of benzene rings is 15. The molecular formula is C128H135B3N6. The van der Waals surface area contributed by atoms with Gasteiger partial charge in [-0.1, -0.05) is 351 Å². The standard InChI is InChI=1S/C128H135B3N6/c1-119(2,3)80-38-56-92(57-39-80)132-104-68-50-86(125(19,20)21)74-98(104)129-101-77-89(53-71-107(101)135(113-35-29-32-110(132)116(113)129)95-62-44-83(45-63-95)122(10,11)12)128(28,90-54-72-108-102(78-90)130-99-75-87(126(22,23)24)51-69-105(99)133(93-58-40-81(41-59-93)120(4,5)6)111-33-30-36-114(117(111)130)136(108)96-64-46-84(47-65-96)123(13,14)15)91-55-73-109-103(79-91)131-100-76-88(127(25,26)27)52-70-106(100)134(94-60-42-82(43-61-94)121(7,8)9)112-34-31-37-115(118(112)131)137(109)97-66-48-85(49-67-97)124(16,17)18/h29-79H,1-28H3. The highest BCUT2D eigenvalue weighted by atomic mass is 15.2. The van der Waals surface area contributed by atoms with Crippen LogP contribution in [-0.4, -0.2) is 20.1 Å². The minimum Gasteiger partial charge on any atom is -0.311 e. The van der Waals surface area contributed by atoms with Crippen LogP contribution >= 0.6 is 0 Å². The fourth-order valence-corrected chi connectivity index (χ4v) is 23.0. The van der Waals surface area contributed by atoms with Gasteiger partial charge in [-0.05, 0) is 317 Å². The third-order valence-electron chi connectivity index (χ3n) is 31.2. The fourth-order valence-electron chi connectivity index (χ4n) is 23.0. The highest BCUT2D eigenvalue weighted by Gasteiger charge is 2.51. The summed E-state index contributed by atoms with van der Waals surface area (Å²) in [6.07, 6.45) is 0. The molecule has 0 unspecified atom stereocenters. The first-order valence-corrected chi connectivity index (χ1v) is 50.2. The average molecular weight is 1790 g/mol. The zero-order valence-corrected chi connectivity index (χ0v) is 86.4. The Balaban J connectivity index is 0.880. The first kappa shape index (κ1) is 90.7. The van der Waals surface area contributed by atoms with Gasteiger partial charge in [-0.3, -0.25) is 0 Å². The van der Waals surface area contributed by atoms with Crippen molar-refractivity contribution >= 4 is 172 Å². The van der Waals surface area contributed by atoms with Crippen LogP contribution in [0, 0.1) is 0 Å². The first-order valence-electron chi connectivity index (χ1n) is 50.2. The van der Waals surface area contributed by atoms with Crippen LogP contribution in [0.1, 0.15) is 261 Å². The zero-order valence-electron chi connectivity index (χ0n) is 86.4. The van der Waals surface area contributed by atoms with Gasteiger partial charge in [0.25, 0.3) is 20.1 Å². The Bertz CT molecular complexity index is 6600. The third kappa shape index (κ3) is 15.0. The summed E-state index contributed by atoms with van der Waals surface area (Å²) in [6.45, 7) is 65.4. The van der Waals surface area contributed by atoms with Gasteiger partial charge in [-0.25, -0.2) is 0 Å². The minimum atomic E-state index is -0.918. The van der Waals surface area contributed by atoms with Crippen LogP contribution in [0.2, 0.25) is 0 Å². The number of nitrogens with zero attached hydrogens (tertiary/aromatic N) is 6. The second kappa shape index (κ2) is 31.4. The van der Waals surface area contributed by atoms with Gasteiger partial charge in [0.15, 0.2) is 0 Å². The summed E-state index contributed by atoms with van der Waals surface area (Å²) >= 11 is 0. The topological polar surface area (TPSA) is 19.4 Å². The molecule has 0 aliphatic carbocycles. The largest absolute Gasteiger partial charge is 0.311 e. The Morgan fingerprint density at radius 1 is 0.139 bits per heavy atom. The maximum absolute atomic E-state index is 2.71. The maximum Gasteiger partial charge on any atom is 0.252 e. The molecule has 6 aliphatic heterocycles. The summed E-state index contributed by atoms with van der Waals surface area (Å²) in [4.78, 5) is 15.6. The van der Waals surface area contributed by atoms with E-state index < -0.39 is 5.41 Å². The number of anilines is 18. The molecule has 0 atom stereocenters. The van der Waals surface area contributed by atoms with Crippen molar-refractivity contribution in [2.45, 2.75) is 248 Å². The van der Waals surface area contributed by atoms with Gasteiger partial charge < -0.3 is 29.4 Å². The molecule has 6 heterocycles. The van der Waals surface area contributed by atoms with Crippen LogP contribution in [0.5, 0.6) is 0 Å². The Morgan fingerprint density at radius 3 is 0.416 bits per heavy atom. The summed E-state index contributed by atoms with van der Waals surface area (Å²) in [6, 6.07) is 124. The van der Waals surface area contributed by atoms with Gasteiger partial charge in [-0.15, -0.1) is 0 Å². The van der Waals surface area contributed by atoms with Crippen LogP contribution in [0.15, 0.2) is 309 Å². The lowest BCUT2D eigenvalue weighted by Crippen LogP contribution is -2.62. The van der Waals surface area contributed by atoms with E-state index in [9.17, 15) is 0 Å². The summed E-state index contributed by atoms with van der Waals surface area (Å²) in [5, 5.41) is 0. The van der Waals surface area contributed by atoms with Gasteiger partial charge >= 0.3 is 0 Å². The monoisotopic (exact) mass is 1790 g/mol. The van der Waals surface area contributed by atoms with Crippen molar-refractivity contribution in [1.29, 1.82) is 0 Å². The quantitative estimate of drug-likeness (QED) is 0.105. The summed E-state index contributed by atoms with van der Waals surface area (Å²) in [7, 11) is 0. The van der Waals surface area contributed by atoms with Crippen LogP contribution in [0.25, 0.3) is 0 Å². The SMILES string of the molecule is CC(C)(C)c1ccc(N2c3ccc(C(C)(C)C)cc3B3c4cc(C(C)(c5ccc6c(c5)B5c7cc(C(C)(C)C)ccc7N(c7ccc(C(C)(C)C)cc7)c7cccc(c75)N6c5ccc(C(C)(C)C)cc5)c5ccc6c(c5)B5c7cc(C(C)(C)C)ccc7N(c7ccc(C(C)(C)C)cc7)c7cccc(c75)N6c5ccc(C(C)(C)C)cc5)ccc4N(c4ccc(C(C)(C)C)cc4)c4cccc2c43)cc1. The van der Waals surface area contributed by atoms with E-state index in [1.165, 1.54) is 184 Å².